The van der Waals surface area contributed by atoms with E-state index in [0.29, 0.717) is 24.6 Å². The molecule has 39 heavy (non-hydrogen) atoms. The Morgan fingerprint density at radius 2 is 1.85 bits per heavy atom. The molecule has 204 valence electrons. The zero-order valence-corrected chi connectivity index (χ0v) is 22.9. The molecule has 0 aliphatic carbocycles. The molecule has 10 heteroatoms. The number of hydrogen-bond acceptors (Lipinski definition) is 7. The summed E-state index contributed by atoms with van der Waals surface area (Å²) in [4.78, 5) is 43.4. The average Bonchev–Trinajstić information content (AvgIpc) is 3.57. The Bertz CT molecular complexity index is 1310. The summed E-state index contributed by atoms with van der Waals surface area (Å²) in [5.41, 5.74) is 4.13. The summed E-state index contributed by atoms with van der Waals surface area (Å²) in [5, 5.41) is 16.0. The van der Waals surface area contributed by atoms with Gasteiger partial charge in [-0.1, -0.05) is 43.0 Å². The number of carboxylic acids is 1. The van der Waals surface area contributed by atoms with Gasteiger partial charge in [-0.25, -0.2) is 9.80 Å². The van der Waals surface area contributed by atoms with E-state index < -0.39 is 17.3 Å². The third-order valence-electron chi connectivity index (χ3n) is 7.50. The monoisotopic (exact) mass is 548 g/mol. The van der Waals surface area contributed by atoms with Gasteiger partial charge in [-0.2, -0.15) is 10.1 Å². The molecule has 1 saturated heterocycles. The van der Waals surface area contributed by atoms with E-state index in [1.54, 1.807) is 12.1 Å². The first-order chi connectivity index (χ1) is 18.9. The van der Waals surface area contributed by atoms with E-state index in [4.69, 9.17) is 9.84 Å². The lowest BCUT2D eigenvalue weighted by molar-refractivity contribution is -0.152. The van der Waals surface area contributed by atoms with Crippen molar-refractivity contribution in [2.75, 3.05) is 13.7 Å². The molecule has 0 bridgehead atoms. The van der Waals surface area contributed by atoms with E-state index in [2.05, 4.69) is 36.2 Å². The highest BCUT2D eigenvalue weighted by Gasteiger charge is 2.41. The minimum absolute atomic E-state index is 0.0843. The van der Waals surface area contributed by atoms with E-state index in [9.17, 15) is 19.5 Å². The highest BCUT2D eigenvalue weighted by atomic mass is 32.2. The van der Waals surface area contributed by atoms with Crippen LogP contribution in [0.15, 0.2) is 58.6 Å². The van der Waals surface area contributed by atoms with Gasteiger partial charge in [0.05, 0.1) is 18.9 Å². The molecule has 9 nitrogen and oxygen atoms in total. The number of aliphatic carboxylic acids is 1. The van der Waals surface area contributed by atoms with Crippen LogP contribution in [0.5, 0.6) is 5.75 Å². The van der Waals surface area contributed by atoms with Gasteiger partial charge in [-0.3, -0.25) is 9.59 Å². The van der Waals surface area contributed by atoms with Gasteiger partial charge in [-0.15, -0.1) is 0 Å². The van der Waals surface area contributed by atoms with Gasteiger partial charge in [0.2, 0.25) is 5.91 Å². The lowest BCUT2D eigenvalue weighted by Gasteiger charge is -2.33. The number of thioether (sulfide) groups is 1. The van der Waals surface area contributed by atoms with Crippen molar-refractivity contribution in [3.63, 3.8) is 0 Å². The SMILES string of the molecule is CCc1ccc([C@@H]2CC(c3ccc(OC)cc3)=NN2C2=NC(=O)[C@@H](CC(=O)N3CCCC[C@H]3C(=O)O)S2)cc1. The third-order valence-corrected chi connectivity index (χ3v) is 8.64. The van der Waals surface area contributed by atoms with Crippen molar-refractivity contribution in [1.29, 1.82) is 0 Å². The summed E-state index contributed by atoms with van der Waals surface area (Å²) < 4.78 is 5.29. The number of piperidine rings is 1. The zero-order chi connectivity index (χ0) is 27.5. The van der Waals surface area contributed by atoms with E-state index in [1.165, 1.54) is 22.2 Å². The van der Waals surface area contributed by atoms with Gasteiger partial charge >= 0.3 is 5.97 Å². The molecule has 3 atom stereocenters. The van der Waals surface area contributed by atoms with Crippen LogP contribution < -0.4 is 4.74 Å². The molecule has 0 saturated carbocycles. The van der Waals surface area contributed by atoms with E-state index in [-0.39, 0.29) is 24.3 Å². The van der Waals surface area contributed by atoms with Gasteiger partial charge in [0.1, 0.15) is 17.0 Å². The van der Waals surface area contributed by atoms with Crippen LogP contribution in [0.2, 0.25) is 0 Å². The smallest absolute Gasteiger partial charge is 0.326 e. The van der Waals surface area contributed by atoms with Crippen molar-refractivity contribution in [1.82, 2.24) is 9.91 Å². The number of benzene rings is 2. The van der Waals surface area contributed by atoms with Crippen molar-refractivity contribution < 1.29 is 24.2 Å². The highest BCUT2D eigenvalue weighted by molar-refractivity contribution is 8.15. The van der Waals surface area contributed by atoms with Crippen LogP contribution in [0, 0.1) is 0 Å². The number of amidine groups is 1. The fraction of sp³-hybridized carbons (Fsp3) is 0.414. The number of amides is 2. The molecule has 2 aromatic rings. The standard InChI is InChI=1S/C29H32N4O5S/c1-3-18-7-9-20(10-8-18)24-16-22(19-11-13-21(38-2)14-12-19)31-33(24)29-30-27(35)25(39-29)17-26(34)32-15-5-4-6-23(32)28(36)37/h7-14,23-25H,3-6,15-17H2,1-2H3,(H,36,37)/t23-,24-,25+/m0/s1. The van der Waals surface area contributed by atoms with Gasteiger partial charge in [0.25, 0.3) is 5.91 Å². The minimum atomic E-state index is -1.00. The van der Waals surface area contributed by atoms with Crippen molar-refractivity contribution >= 4 is 40.4 Å². The first-order valence-corrected chi connectivity index (χ1v) is 14.2. The minimum Gasteiger partial charge on any atom is -0.497 e. The fourth-order valence-corrected chi connectivity index (χ4v) is 6.30. The van der Waals surface area contributed by atoms with Crippen LogP contribution in [0.1, 0.15) is 61.8 Å². The maximum Gasteiger partial charge on any atom is 0.326 e. The topological polar surface area (TPSA) is 112 Å². The second kappa shape index (κ2) is 11.6. The molecule has 2 amide bonds. The number of aryl methyl sites for hydroxylation is 1. The summed E-state index contributed by atoms with van der Waals surface area (Å²) >= 11 is 1.23. The normalized spacial score (nSPS) is 23.0. The first kappa shape index (κ1) is 26.9. The second-order valence-electron chi connectivity index (χ2n) is 9.92. The summed E-state index contributed by atoms with van der Waals surface area (Å²) in [5.74, 6) is -0.950. The van der Waals surface area contributed by atoms with E-state index in [0.717, 1.165) is 41.9 Å². The van der Waals surface area contributed by atoms with Crippen LogP contribution in [-0.2, 0) is 20.8 Å². The summed E-state index contributed by atoms with van der Waals surface area (Å²) in [7, 11) is 1.63. The average molecular weight is 549 g/mol. The fourth-order valence-electron chi connectivity index (χ4n) is 5.25. The number of likely N-dealkylation sites (tertiary alicyclic amines) is 1. The Morgan fingerprint density at radius 1 is 1.10 bits per heavy atom. The molecular formula is C29H32N4O5S. The number of aliphatic imine (C=N–C) groups is 1. The maximum absolute atomic E-state index is 13.1. The van der Waals surface area contributed by atoms with Gasteiger partial charge in [0, 0.05) is 19.4 Å². The number of carboxylic acid groups (broad SMARTS) is 1. The van der Waals surface area contributed by atoms with Gasteiger partial charge in [0.15, 0.2) is 5.17 Å². The van der Waals surface area contributed by atoms with Crippen LogP contribution >= 0.6 is 11.8 Å². The third kappa shape index (κ3) is 5.71. The first-order valence-electron chi connectivity index (χ1n) is 13.3. The van der Waals surface area contributed by atoms with Crippen molar-refractivity contribution in [3.8, 4) is 5.75 Å². The number of carbonyl (C=O) groups excluding carboxylic acids is 2. The predicted octanol–water partition coefficient (Wildman–Crippen LogP) is 4.26. The number of rotatable bonds is 7. The van der Waals surface area contributed by atoms with Crippen molar-refractivity contribution in [2.24, 2.45) is 10.1 Å². The quantitative estimate of drug-likeness (QED) is 0.550. The Hall–Kier alpha value is -3.66. The molecule has 2 aromatic carbocycles. The summed E-state index contributed by atoms with van der Waals surface area (Å²) in [6.07, 6.45) is 3.45. The summed E-state index contributed by atoms with van der Waals surface area (Å²) in [6, 6.07) is 15.1. The number of hydrazone groups is 1. The largest absolute Gasteiger partial charge is 0.497 e. The number of methoxy groups -OCH3 is 1. The molecular weight excluding hydrogens is 516 g/mol. The number of nitrogens with zero attached hydrogens (tertiary/aromatic N) is 4. The lowest BCUT2D eigenvalue weighted by Crippen LogP contribution is -2.48. The van der Waals surface area contributed by atoms with Crippen molar-refractivity contribution in [2.45, 2.75) is 62.8 Å². The highest BCUT2D eigenvalue weighted by Crippen LogP contribution is 2.39. The van der Waals surface area contributed by atoms with Crippen molar-refractivity contribution in [3.05, 3.63) is 65.2 Å². The molecule has 0 aromatic heterocycles. The predicted molar refractivity (Wildman–Crippen MR) is 150 cm³/mol. The van der Waals surface area contributed by atoms with Crippen LogP contribution in [0.4, 0.5) is 0 Å². The Morgan fingerprint density at radius 3 is 2.51 bits per heavy atom. The lowest BCUT2D eigenvalue weighted by atomic mass is 9.97. The molecule has 1 N–H and O–H groups in total. The van der Waals surface area contributed by atoms with Gasteiger partial charge in [-0.05, 0) is 66.6 Å². The number of carbonyl (C=O) groups is 3. The number of ether oxygens (including phenoxy) is 1. The Kier molecular flexibility index (Phi) is 8.02. The van der Waals surface area contributed by atoms with E-state index >= 15 is 0 Å². The molecule has 3 heterocycles. The molecule has 1 fully saturated rings. The molecule has 3 aliphatic rings. The van der Waals surface area contributed by atoms with Crippen LogP contribution in [0.3, 0.4) is 0 Å². The Labute approximate surface area is 231 Å². The van der Waals surface area contributed by atoms with Crippen LogP contribution in [0.25, 0.3) is 0 Å². The Balaban J connectivity index is 1.37. The molecule has 0 unspecified atom stereocenters. The van der Waals surface area contributed by atoms with E-state index in [1.807, 2.05) is 24.3 Å². The number of hydrogen-bond donors (Lipinski definition) is 1. The second-order valence-corrected chi connectivity index (χ2v) is 11.1. The zero-order valence-electron chi connectivity index (χ0n) is 22.1. The molecule has 0 spiro atoms. The maximum atomic E-state index is 13.1. The summed E-state index contributed by atoms with van der Waals surface area (Å²) in [6.45, 7) is 2.51. The molecule has 0 radical (unpaired) electrons. The van der Waals surface area contributed by atoms with Crippen LogP contribution in [-0.4, -0.2) is 68.6 Å². The molecule has 3 aliphatic heterocycles. The molecule has 5 rings (SSSR count). The van der Waals surface area contributed by atoms with Gasteiger partial charge < -0.3 is 14.7 Å².